The smallest absolute Gasteiger partial charge is 0.407 e. The molecular weight excluding hydrogens is 504 g/mol. The molecule has 3 aromatic rings. The molecule has 3 N–H and O–H groups in total. The number of imidazole rings is 1. The lowest BCUT2D eigenvalue weighted by atomic mass is 10.1. The number of rotatable bonds is 11. The third kappa shape index (κ3) is 7.27. The van der Waals surface area contributed by atoms with Crippen LogP contribution in [0.4, 0.5) is 10.5 Å². The zero-order valence-electron chi connectivity index (χ0n) is 22.1. The maximum Gasteiger partial charge on any atom is 0.407 e. The first-order valence-corrected chi connectivity index (χ1v) is 12.7. The fourth-order valence-corrected chi connectivity index (χ4v) is 3.95. The van der Waals surface area contributed by atoms with Gasteiger partial charge in [-0.15, -0.1) is 0 Å². The van der Waals surface area contributed by atoms with Crippen molar-refractivity contribution in [2.45, 2.75) is 44.7 Å². The first-order valence-electron chi connectivity index (χ1n) is 12.7. The number of methoxy groups -OCH3 is 1. The number of ether oxygens (including phenoxy) is 1. The van der Waals surface area contributed by atoms with E-state index in [2.05, 4.69) is 35.3 Å². The quantitative estimate of drug-likeness (QED) is 0.311. The minimum Gasteiger partial charge on any atom is -0.453 e. The third-order valence-corrected chi connectivity index (χ3v) is 6.31. The summed E-state index contributed by atoms with van der Waals surface area (Å²) in [5, 5.41) is 5.07. The molecule has 0 spiro atoms. The molecule has 4 rings (SSSR count). The largest absolute Gasteiger partial charge is 0.453 e. The molecule has 0 bridgehead atoms. The summed E-state index contributed by atoms with van der Waals surface area (Å²) >= 11 is 0. The topological polar surface area (TPSA) is 164 Å². The number of pyridine rings is 1. The summed E-state index contributed by atoms with van der Waals surface area (Å²) < 4.78 is 6.05. The van der Waals surface area contributed by atoms with Crippen molar-refractivity contribution in [3.8, 4) is 0 Å². The molecule has 1 aliphatic rings. The van der Waals surface area contributed by atoms with Gasteiger partial charge in [-0.2, -0.15) is 0 Å². The van der Waals surface area contributed by atoms with Crippen molar-refractivity contribution in [2.75, 3.05) is 26.5 Å². The molecule has 13 nitrogen and oxygen atoms in total. The van der Waals surface area contributed by atoms with E-state index in [0.29, 0.717) is 23.8 Å². The van der Waals surface area contributed by atoms with Crippen LogP contribution in [-0.2, 0) is 27.3 Å². The molecule has 13 heteroatoms. The van der Waals surface area contributed by atoms with E-state index in [0.717, 1.165) is 17.6 Å². The van der Waals surface area contributed by atoms with Gasteiger partial charge in [0.05, 0.1) is 19.3 Å². The van der Waals surface area contributed by atoms with Crippen LogP contribution in [-0.4, -0.2) is 74.6 Å². The molecule has 1 fully saturated rings. The van der Waals surface area contributed by atoms with Crippen molar-refractivity contribution < 1.29 is 19.1 Å². The van der Waals surface area contributed by atoms with Crippen LogP contribution in [0.2, 0.25) is 0 Å². The molecule has 1 unspecified atom stereocenters. The summed E-state index contributed by atoms with van der Waals surface area (Å²) in [6, 6.07) is 2.12. The predicted molar refractivity (Wildman–Crippen MR) is 143 cm³/mol. The SMILES string of the molecule is COC(=O)NC(CC/C=C/C(=O)N(C)C)C(=O)Nc1cccn(Cc2nc3ncnc(CC4CC4)c3[nH]2)c1=O. The van der Waals surface area contributed by atoms with Gasteiger partial charge in [0.25, 0.3) is 5.56 Å². The van der Waals surface area contributed by atoms with Crippen molar-refractivity contribution >= 4 is 34.8 Å². The van der Waals surface area contributed by atoms with Crippen LogP contribution >= 0.6 is 0 Å². The van der Waals surface area contributed by atoms with Gasteiger partial charge in [0.2, 0.25) is 11.8 Å². The molecule has 0 aromatic carbocycles. The molecule has 0 radical (unpaired) electrons. The van der Waals surface area contributed by atoms with Crippen LogP contribution < -0.4 is 16.2 Å². The fraction of sp³-hybridized carbons (Fsp3) is 0.423. The van der Waals surface area contributed by atoms with E-state index in [1.54, 1.807) is 32.4 Å². The monoisotopic (exact) mass is 536 g/mol. The lowest BCUT2D eigenvalue weighted by molar-refractivity contribution is -0.123. The summed E-state index contributed by atoms with van der Waals surface area (Å²) in [6.45, 7) is 0.135. The normalized spacial score (nSPS) is 13.8. The van der Waals surface area contributed by atoms with Gasteiger partial charge in [-0.05, 0) is 56.2 Å². The van der Waals surface area contributed by atoms with Crippen LogP contribution in [0, 0.1) is 5.92 Å². The minimum atomic E-state index is -0.997. The highest BCUT2D eigenvalue weighted by molar-refractivity contribution is 5.96. The second-order valence-corrected chi connectivity index (χ2v) is 9.60. The number of alkyl carbamates (subject to hydrolysis) is 1. The van der Waals surface area contributed by atoms with Gasteiger partial charge >= 0.3 is 6.09 Å². The standard InChI is InChI=1S/C26H32N8O5/c1-33(2)21(35)9-5-4-7-17(30-26(38)39-3)24(36)29-18-8-6-12-34(25(18)37)14-20-31-22-19(13-16-10-11-16)27-15-28-23(22)32-20/h5-6,8-9,12,15-17H,4,7,10-11,13-14H2,1-3H3,(H,29,36)(H,30,38)(H,27,28,31,32)/b9-5+. The molecule has 1 atom stereocenters. The number of likely N-dealkylation sites (N-methyl/N-ethyl adjacent to an activating group) is 1. The summed E-state index contributed by atoms with van der Waals surface area (Å²) in [7, 11) is 4.44. The number of carbonyl (C=O) groups is 3. The fourth-order valence-electron chi connectivity index (χ4n) is 3.95. The molecule has 39 heavy (non-hydrogen) atoms. The Hall–Kier alpha value is -4.55. The molecule has 1 aliphatic carbocycles. The van der Waals surface area contributed by atoms with E-state index >= 15 is 0 Å². The van der Waals surface area contributed by atoms with Crippen LogP contribution in [0.1, 0.15) is 37.2 Å². The van der Waals surface area contributed by atoms with Crippen molar-refractivity contribution in [3.63, 3.8) is 0 Å². The van der Waals surface area contributed by atoms with Crippen LogP contribution in [0.5, 0.6) is 0 Å². The Morgan fingerprint density at radius 2 is 2.08 bits per heavy atom. The number of nitrogens with one attached hydrogen (secondary N) is 3. The number of nitrogens with zero attached hydrogens (tertiary/aromatic N) is 5. The maximum atomic E-state index is 13.2. The highest BCUT2D eigenvalue weighted by atomic mass is 16.5. The van der Waals surface area contributed by atoms with E-state index in [1.807, 2.05) is 0 Å². The van der Waals surface area contributed by atoms with Gasteiger partial charge in [-0.25, -0.2) is 19.7 Å². The second kappa shape index (κ2) is 12.3. The van der Waals surface area contributed by atoms with Crippen LogP contribution in [0.25, 0.3) is 11.2 Å². The Kier molecular flexibility index (Phi) is 8.69. The van der Waals surface area contributed by atoms with Gasteiger partial charge in [0, 0.05) is 20.3 Å². The van der Waals surface area contributed by atoms with Crippen LogP contribution in [0.3, 0.4) is 0 Å². The molecule has 206 valence electrons. The number of hydrogen-bond donors (Lipinski definition) is 3. The van der Waals surface area contributed by atoms with Crippen LogP contribution in [0.15, 0.2) is 41.6 Å². The average molecular weight is 537 g/mol. The highest BCUT2D eigenvalue weighted by Crippen LogP contribution is 2.33. The lowest BCUT2D eigenvalue weighted by Gasteiger charge is -2.17. The summed E-state index contributed by atoms with van der Waals surface area (Å²) in [6.07, 6.45) is 9.09. The molecule has 3 amide bonds. The zero-order valence-corrected chi connectivity index (χ0v) is 22.1. The van der Waals surface area contributed by atoms with Crippen molar-refractivity contribution in [1.82, 2.24) is 34.7 Å². The van der Waals surface area contributed by atoms with Crippen molar-refractivity contribution in [2.24, 2.45) is 5.92 Å². The van der Waals surface area contributed by atoms with E-state index in [9.17, 15) is 19.2 Å². The third-order valence-electron chi connectivity index (χ3n) is 6.31. The summed E-state index contributed by atoms with van der Waals surface area (Å²) in [5.74, 6) is 0.396. The Bertz CT molecular complexity index is 1440. The molecule has 1 saturated carbocycles. The van der Waals surface area contributed by atoms with E-state index in [4.69, 9.17) is 0 Å². The summed E-state index contributed by atoms with van der Waals surface area (Å²) in [4.78, 5) is 67.5. The number of aromatic amines is 1. The zero-order chi connectivity index (χ0) is 27.9. The number of fused-ring (bicyclic) bond motifs is 1. The number of hydrogen-bond acceptors (Lipinski definition) is 8. The molecule has 0 aliphatic heterocycles. The highest BCUT2D eigenvalue weighted by Gasteiger charge is 2.24. The number of anilines is 1. The average Bonchev–Trinajstić information content (AvgIpc) is 3.63. The van der Waals surface area contributed by atoms with Crippen molar-refractivity contribution in [3.05, 3.63) is 58.7 Å². The number of amides is 3. The molecule has 3 heterocycles. The molecule has 3 aromatic heterocycles. The lowest BCUT2D eigenvalue weighted by Crippen LogP contribution is -2.44. The number of carbonyl (C=O) groups excluding carboxylic acids is 3. The Morgan fingerprint density at radius 3 is 2.79 bits per heavy atom. The number of H-pyrrole nitrogens is 1. The molecule has 0 saturated heterocycles. The Labute approximate surface area is 224 Å². The van der Waals surface area contributed by atoms with Crippen molar-refractivity contribution in [1.29, 1.82) is 0 Å². The minimum absolute atomic E-state index is 0.0443. The van der Waals surface area contributed by atoms with E-state index in [-0.39, 0.29) is 24.6 Å². The van der Waals surface area contributed by atoms with Gasteiger partial charge < -0.3 is 29.8 Å². The van der Waals surface area contributed by atoms with E-state index < -0.39 is 23.6 Å². The van der Waals surface area contributed by atoms with Gasteiger partial charge in [0.15, 0.2) is 5.65 Å². The van der Waals surface area contributed by atoms with E-state index in [1.165, 1.54) is 47.9 Å². The number of allylic oxidation sites excluding steroid dienone is 1. The first-order chi connectivity index (χ1) is 18.7. The van der Waals surface area contributed by atoms with Gasteiger partial charge in [-0.3, -0.25) is 14.4 Å². The molecular formula is C26H32N8O5. The first kappa shape index (κ1) is 27.5. The summed E-state index contributed by atoms with van der Waals surface area (Å²) in [5.41, 5.74) is 1.84. The van der Waals surface area contributed by atoms with Gasteiger partial charge in [0.1, 0.15) is 29.4 Å². The number of aromatic nitrogens is 5. The predicted octanol–water partition coefficient (Wildman–Crippen LogP) is 1.60. The second-order valence-electron chi connectivity index (χ2n) is 9.60. The Balaban J connectivity index is 1.46. The maximum absolute atomic E-state index is 13.2. The van der Waals surface area contributed by atoms with Gasteiger partial charge in [-0.1, -0.05) is 6.08 Å². The Morgan fingerprint density at radius 1 is 1.28 bits per heavy atom.